The molecule has 2 rings (SSSR count). The Morgan fingerprint density at radius 3 is 2.60 bits per heavy atom. The Kier molecular flexibility index (Phi) is 4.31. The van der Waals surface area contributed by atoms with Crippen molar-refractivity contribution >= 4 is 22.5 Å². The van der Waals surface area contributed by atoms with Crippen LogP contribution in [0.4, 0.5) is 0 Å². The largest absolute Gasteiger partial charge is 0.435 e. The van der Waals surface area contributed by atoms with E-state index in [0.717, 1.165) is 17.0 Å². The van der Waals surface area contributed by atoms with E-state index >= 15 is 0 Å². The van der Waals surface area contributed by atoms with Crippen LogP contribution in [0, 0.1) is 5.92 Å². The Hall–Kier alpha value is -2.42. The van der Waals surface area contributed by atoms with Crippen LogP contribution in [0.1, 0.15) is 23.7 Å². The SMILES string of the molecule is C=COC(=O)C(CC)C(=O)c1cccc2ccccc12. The minimum Gasteiger partial charge on any atom is -0.435 e. The van der Waals surface area contributed by atoms with E-state index in [1.54, 1.807) is 13.0 Å². The van der Waals surface area contributed by atoms with Gasteiger partial charge in [0.2, 0.25) is 0 Å². The molecule has 3 nitrogen and oxygen atoms in total. The standard InChI is InChI=1S/C17H16O3/c1-3-13(17(19)20-4-2)16(18)15-11-7-9-12-8-5-6-10-14(12)15/h4-11,13H,2-3H2,1H3. The third kappa shape index (κ3) is 2.62. The van der Waals surface area contributed by atoms with Crippen LogP contribution >= 0.6 is 0 Å². The second kappa shape index (κ2) is 6.15. The van der Waals surface area contributed by atoms with Gasteiger partial charge in [-0.05, 0) is 17.2 Å². The summed E-state index contributed by atoms with van der Waals surface area (Å²) in [6.07, 6.45) is 1.45. The summed E-state index contributed by atoms with van der Waals surface area (Å²) in [7, 11) is 0. The lowest BCUT2D eigenvalue weighted by Crippen LogP contribution is -2.24. The molecule has 2 aromatic rings. The number of carbonyl (C=O) groups is 2. The molecule has 0 aliphatic rings. The summed E-state index contributed by atoms with van der Waals surface area (Å²) in [4.78, 5) is 24.4. The molecule has 0 aliphatic heterocycles. The van der Waals surface area contributed by atoms with Crippen molar-refractivity contribution in [2.45, 2.75) is 13.3 Å². The Balaban J connectivity index is 2.44. The number of esters is 1. The molecular formula is C17H16O3. The number of hydrogen-bond acceptors (Lipinski definition) is 3. The molecule has 0 N–H and O–H groups in total. The van der Waals surface area contributed by atoms with Crippen LogP contribution in [0.5, 0.6) is 0 Å². The summed E-state index contributed by atoms with van der Waals surface area (Å²) < 4.78 is 4.75. The Morgan fingerprint density at radius 1 is 1.20 bits per heavy atom. The predicted octanol–water partition coefficient (Wildman–Crippen LogP) is 3.74. The first-order chi connectivity index (χ1) is 9.69. The van der Waals surface area contributed by atoms with Crippen LogP contribution in [0.3, 0.4) is 0 Å². The van der Waals surface area contributed by atoms with Gasteiger partial charge in [0.1, 0.15) is 5.92 Å². The van der Waals surface area contributed by atoms with Gasteiger partial charge in [0.25, 0.3) is 0 Å². The molecule has 0 bridgehead atoms. The first-order valence-corrected chi connectivity index (χ1v) is 6.52. The first kappa shape index (κ1) is 14.0. The lowest BCUT2D eigenvalue weighted by Gasteiger charge is -2.13. The fourth-order valence-corrected chi connectivity index (χ4v) is 2.25. The molecule has 2 aromatic carbocycles. The summed E-state index contributed by atoms with van der Waals surface area (Å²) in [5, 5.41) is 1.83. The van der Waals surface area contributed by atoms with Gasteiger partial charge in [-0.15, -0.1) is 0 Å². The highest BCUT2D eigenvalue weighted by Gasteiger charge is 2.27. The molecule has 20 heavy (non-hydrogen) atoms. The number of fused-ring (bicyclic) bond motifs is 1. The van der Waals surface area contributed by atoms with Crippen molar-refractivity contribution in [3.05, 3.63) is 60.9 Å². The maximum atomic E-state index is 12.6. The van der Waals surface area contributed by atoms with E-state index in [1.807, 2.05) is 36.4 Å². The van der Waals surface area contributed by atoms with Gasteiger partial charge >= 0.3 is 5.97 Å². The normalized spacial score (nSPS) is 11.8. The van der Waals surface area contributed by atoms with Crippen LogP contribution in [0.2, 0.25) is 0 Å². The third-order valence-corrected chi connectivity index (χ3v) is 3.26. The van der Waals surface area contributed by atoms with Gasteiger partial charge in [-0.1, -0.05) is 56.0 Å². The highest BCUT2D eigenvalue weighted by molar-refractivity contribution is 6.15. The van der Waals surface area contributed by atoms with Crippen LogP contribution < -0.4 is 0 Å². The highest BCUT2D eigenvalue weighted by Crippen LogP contribution is 2.23. The van der Waals surface area contributed by atoms with Gasteiger partial charge in [-0.25, -0.2) is 0 Å². The van der Waals surface area contributed by atoms with Gasteiger partial charge in [-0.2, -0.15) is 0 Å². The van der Waals surface area contributed by atoms with Gasteiger partial charge in [-0.3, -0.25) is 9.59 Å². The Bertz CT molecular complexity index is 653. The molecule has 0 saturated carbocycles. The number of benzene rings is 2. The maximum Gasteiger partial charge on any atom is 0.321 e. The van der Waals surface area contributed by atoms with Crippen molar-refractivity contribution in [3.8, 4) is 0 Å². The van der Waals surface area contributed by atoms with Crippen molar-refractivity contribution in [1.29, 1.82) is 0 Å². The molecule has 0 heterocycles. The molecule has 3 heteroatoms. The van der Waals surface area contributed by atoms with Crippen molar-refractivity contribution in [1.82, 2.24) is 0 Å². The molecule has 0 fully saturated rings. The Labute approximate surface area is 117 Å². The second-order valence-corrected chi connectivity index (χ2v) is 4.46. The van der Waals surface area contributed by atoms with E-state index in [0.29, 0.717) is 12.0 Å². The second-order valence-electron chi connectivity index (χ2n) is 4.46. The average molecular weight is 268 g/mol. The van der Waals surface area contributed by atoms with E-state index in [-0.39, 0.29) is 5.78 Å². The van der Waals surface area contributed by atoms with Crippen molar-refractivity contribution in [2.75, 3.05) is 0 Å². The van der Waals surface area contributed by atoms with Crippen LogP contribution in [-0.2, 0) is 9.53 Å². The van der Waals surface area contributed by atoms with E-state index in [9.17, 15) is 9.59 Å². The lowest BCUT2D eigenvalue weighted by atomic mass is 9.92. The predicted molar refractivity (Wildman–Crippen MR) is 78.3 cm³/mol. The van der Waals surface area contributed by atoms with Crippen molar-refractivity contribution in [2.24, 2.45) is 5.92 Å². The number of hydrogen-bond donors (Lipinski definition) is 0. The van der Waals surface area contributed by atoms with Gasteiger partial charge in [0.05, 0.1) is 6.26 Å². The summed E-state index contributed by atoms with van der Waals surface area (Å²) in [5.41, 5.74) is 0.552. The smallest absolute Gasteiger partial charge is 0.321 e. The average Bonchev–Trinajstić information content (AvgIpc) is 2.47. The molecule has 0 amide bonds. The number of ketones is 1. The number of Topliss-reactive ketones (excluding diaryl/α,β-unsaturated/α-hetero) is 1. The van der Waals surface area contributed by atoms with E-state index in [4.69, 9.17) is 4.74 Å². The minimum absolute atomic E-state index is 0.212. The molecule has 1 atom stereocenters. The highest BCUT2D eigenvalue weighted by atomic mass is 16.5. The Morgan fingerprint density at radius 2 is 1.90 bits per heavy atom. The molecular weight excluding hydrogens is 252 g/mol. The number of ether oxygens (including phenoxy) is 1. The zero-order valence-corrected chi connectivity index (χ0v) is 11.3. The molecule has 0 aromatic heterocycles. The molecule has 102 valence electrons. The van der Waals surface area contributed by atoms with E-state index < -0.39 is 11.9 Å². The number of carbonyl (C=O) groups excluding carboxylic acids is 2. The summed E-state index contributed by atoms with van der Waals surface area (Å²) in [5.74, 6) is -1.56. The molecule has 0 spiro atoms. The summed E-state index contributed by atoms with van der Waals surface area (Å²) in [6, 6.07) is 13.1. The van der Waals surface area contributed by atoms with E-state index in [2.05, 4.69) is 6.58 Å². The van der Waals surface area contributed by atoms with Crippen molar-refractivity contribution in [3.63, 3.8) is 0 Å². The van der Waals surface area contributed by atoms with Gasteiger partial charge < -0.3 is 4.74 Å². The molecule has 0 aliphatic carbocycles. The lowest BCUT2D eigenvalue weighted by molar-refractivity contribution is -0.141. The van der Waals surface area contributed by atoms with Crippen molar-refractivity contribution < 1.29 is 14.3 Å². The fraction of sp³-hybridized carbons (Fsp3) is 0.176. The monoisotopic (exact) mass is 268 g/mol. The van der Waals surface area contributed by atoms with Gasteiger partial charge in [0.15, 0.2) is 5.78 Å². The van der Waals surface area contributed by atoms with Gasteiger partial charge in [0, 0.05) is 5.56 Å². The quantitative estimate of drug-likeness (QED) is 0.359. The minimum atomic E-state index is -0.793. The summed E-state index contributed by atoms with van der Waals surface area (Å²) in [6.45, 7) is 5.13. The topological polar surface area (TPSA) is 43.4 Å². The zero-order chi connectivity index (χ0) is 14.5. The van der Waals surface area contributed by atoms with Crippen LogP contribution in [0.25, 0.3) is 10.8 Å². The molecule has 0 radical (unpaired) electrons. The maximum absolute atomic E-state index is 12.6. The zero-order valence-electron chi connectivity index (χ0n) is 11.3. The molecule has 0 saturated heterocycles. The molecule has 1 unspecified atom stereocenters. The fourth-order valence-electron chi connectivity index (χ4n) is 2.25. The third-order valence-electron chi connectivity index (χ3n) is 3.26. The van der Waals surface area contributed by atoms with E-state index in [1.165, 1.54) is 0 Å². The summed E-state index contributed by atoms with van der Waals surface area (Å²) >= 11 is 0. The van der Waals surface area contributed by atoms with Crippen LogP contribution in [-0.4, -0.2) is 11.8 Å². The number of rotatable bonds is 5. The van der Waals surface area contributed by atoms with Crippen LogP contribution in [0.15, 0.2) is 55.3 Å². The first-order valence-electron chi connectivity index (χ1n) is 6.52.